The molecule has 0 unspecified atom stereocenters. The highest BCUT2D eigenvalue weighted by atomic mass is 16.1. The summed E-state index contributed by atoms with van der Waals surface area (Å²) in [6.07, 6.45) is 5.90. The number of anilines is 1. The second-order valence-electron chi connectivity index (χ2n) is 6.09. The predicted molar refractivity (Wildman–Crippen MR) is 87.1 cm³/mol. The largest absolute Gasteiger partial charge is 0.382 e. The summed E-state index contributed by atoms with van der Waals surface area (Å²) >= 11 is 0. The summed E-state index contributed by atoms with van der Waals surface area (Å²) in [5.74, 6) is 0. The number of nitrogens with zero attached hydrogens (tertiary/aromatic N) is 3. The molecular formula is C17H22N4O. The van der Waals surface area contributed by atoms with Crippen LogP contribution in [0.4, 0.5) is 5.69 Å². The third kappa shape index (κ3) is 3.35. The number of pyridine rings is 1. The molecule has 5 heteroatoms. The van der Waals surface area contributed by atoms with Crippen LogP contribution in [0.1, 0.15) is 43.1 Å². The van der Waals surface area contributed by atoms with Crippen LogP contribution in [-0.2, 0) is 0 Å². The smallest absolute Gasteiger partial charge is 0.267 e. The molecule has 0 saturated heterocycles. The van der Waals surface area contributed by atoms with Crippen molar-refractivity contribution in [3.8, 4) is 0 Å². The van der Waals surface area contributed by atoms with E-state index in [1.807, 2.05) is 26.1 Å². The van der Waals surface area contributed by atoms with Crippen LogP contribution in [0.15, 0.2) is 35.3 Å². The zero-order chi connectivity index (χ0) is 15.5. The van der Waals surface area contributed by atoms with E-state index in [4.69, 9.17) is 0 Å². The maximum Gasteiger partial charge on any atom is 0.267 e. The Kier molecular flexibility index (Phi) is 4.22. The summed E-state index contributed by atoms with van der Waals surface area (Å²) in [4.78, 5) is 16.2. The van der Waals surface area contributed by atoms with Crippen LogP contribution in [0.5, 0.6) is 0 Å². The molecule has 1 saturated carbocycles. The SMILES string of the molecule is Cc1cc(NC2CCC(n3nc(C)ccc3=O)CC2)ccn1. The summed E-state index contributed by atoms with van der Waals surface area (Å²) in [6.45, 7) is 3.92. The van der Waals surface area contributed by atoms with Gasteiger partial charge in [0, 0.05) is 29.7 Å². The van der Waals surface area contributed by atoms with Gasteiger partial charge in [0.05, 0.1) is 11.7 Å². The molecule has 0 aliphatic heterocycles. The Labute approximate surface area is 130 Å². The van der Waals surface area contributed by atoms with Gasteiger partial charge in [-0.3, -0.25) is 9.78 Å². The molecule has 0 bridgehead atoms. The molecule has 116 valence electrons. The van der Waals surface area contributed by atoms with Crippen molar-refractivity contribution in [2.24, 2.45) is 0 Å². The Bertz CT molecular complexity index is 702. The first kappa shape index (κ1) is 14.8. The van der Waals surface area contributed by atoms with Gasteiger partial charge in [-0.1, -0.05) is 0 Å². The van der Waals surface area contributed by atoms with Gasteiger partial charge >= 0.3 is 0 Å². The molecule has 2 aromatic rings. The van der Waals surface area contributed by atoms with Gasteiger partial charge in [-0.2, -0.15) is 5.10 Å². The zero-order valence-electron chi connectivity index (χ0n) is 13.1. The van der Waals surface area contributed by atoms with Gasteiger partial charge in [0.15, 0.2) is 0 Å². The molecular weight excluding hydrogens is 276 g/mol. The van der Waals surface area contributed by atoms with E-state index in [9.17, 15) is 4.79 Å². The lowest BCUT2D eigenvalue weighted by Crippen LogP contribution is -2.33. The van der Waals surface area contributed by atoms with E-state index < -0.39 is 0 Å². The quantitative estimate of drug-likeness (QED) is 0.946. The summed E-state index contributed by atoms with van der Waals surface area (Å²) in [5, 5.41) is 7.96. The molecule has 0 amide bonds. The van der Waals surface area contributed by atoms with Gasteiger partial charge in [0.1, 0.15) is 0 Å². The second kappa shape index (κ2) is 6.30. The second-order valence-corrected chi connectivity index (χ2v) is 6.09. The van der Waals surface area contributed by atoms with Crippen LogP contribution in [0, 0.1) is 13.8 Å². The van der Waals surface area contributed by atoms with Crippen molar-refractivity contribution in [3.63, 3.8) is 0 Å². The Morgan fingerprint density at radius 3 is 2.59 bits per heavy atom. The average Bonchev–Trinajstić information content (AvgIpc) is 2.51. The normalized spacial score (nSPS) is 21.5. The highest BCUT2D eigenvalue weighted by Gasteiger charge is 2.23. The van der Waals surface area contributed by atoms with Crippen molar-refractivity contribution in [2.75, 3.05) is 5.32 Å². The number of aryl methyl sites for hydroxylation is 2. The highest BCUT2D eigenvalue weighted by Crippen LogP contribution is 2.28. The van der Waals surface area contributed by atoms with E-state index in [0.29, 0.717) is 6.04 Å². The minimum absolute atomic E-state index is 0.00627. The monoisotopic (exact) mass is 298 g/mol. The van der Waals surface area contributed by atoms with E-state index in [1.165, 1.54) is 0 Å². The summed E-state index contributed by atoms with van der Waals surface area (Å²) < 4.78 is 1.67. The van der Waals surface area contributed by atoms with Gasteiger partial charge < -0.3 is 5.32 Å². The lowest BCUT2D eigenvalue weighted by atomic mass is 9.91. The van der Waals surface area contributed by atoms with E-state index in [-0.39, 0.29) is 11.6 Å². The molecule has 1 aliphatic carbocycles. The van der Waals surface area contributed by atoms with E-state index >= 15 is 0 Å². The highest BCUT2D eigenvalue weighted by molar-refractivity contribution is 5.43. The lowest BCUT2D eigenvalue weighted by molar-refractivity contribution is 0.302. The van der Waals surface area contributed by atoms with E-state index in [0.717, 1.165) is 42.8 Å². The maximum atomic E-state index is 12.0. The molecule has 0 radical (unpaired) electrons. The molecule has 0 aromatic carbocycles. The zero-order valence-corrected chi connectivity index (χ0v) is 13.1. The first-order valence-electron chi connectivity index (χ1n) is 7.87. The van der Waals surface area contributed by atoms with Crippen molar-refractivity contribution in [1.29, 1.82) is 0 Å². The molecule has 3 rings (SSSR count). The Morgan fingerprint density at radius 1 is 1.09 bits per heavy atom. The molecule has 1 fully saturated rings. The van der Waals surface area contributed by atoms with Crippen molar-refractivity contribution in [3.05, 3.63) is 52.2 Å². The fourth-order valence-electron chi connectivity index (χ4n) is 3.12. The number of hydrogen-bond acceptors (Lipinski definition) is 4. The molecule has 22 heavy (non-hydrogen) atoms. The van der Waals surface area contributed by atoms with E-state index in [1.54, 1.807) is 16.8 Å². The van der Waals surface area contributed by atoms with Gasteiger partial charge in [-0.25, -0.2) is 4.68 Å². The summed E-state index contributed by atoms with van der Waals surface area (Å²) in [6, 6.07) is 8.15. The van der Waals surface area contributed by atoms with Crippen LogP contribution in [-0.4, -0.2) is 20.8 Å². The van der Waals surface area contributed by atoms with Gasteiger partial charge in [-0.15, -0.1) is 0 Å². The molecule has 1 N–H and O–H groups in total. The standard InChI is InChI=1S/C17H22N4O/c1-12-3-8-17(22)21(20-12)16-6-4-14(5-7-16)19-15-9-10-18-13(2)11-15/h3,8-11,14,16H,4-7H2,1-2H3,(H,18,19). The predicted octanol–water partition coefficient (Wildman–Crippen LogP) is 2.85. The van der Waals surface area contributed by atoms with Crippen molar-refractivity contribution >= 4 is 5.69 Å². The first-order valence-corrected chi connectivity index (χ1v) is 7.87. The summed E-state index contributed by atoms with van der Waals surface area (Å²) in [5.41, 5.74) is 3.05. The Morgan fingerprint density at radius 2 is 1.86 bits per heavy atom. The molecule has 0 atom stereocenters. The molecule has 2 heterocycles. The lowest BCUT2D eigenvalue weighted by Gasteiger charge is -2.30. The topological polar surface area (TPSA) is 59.8 Å². The summed E-state index contributed by atoms with van der Waals surface area (Å²) in [7, 11) is 0. The van der Waals surface area contributed by atoms with Gasteiger partial charge in [0.2, 0.25) is 0 Å². The first-order chi connectivity index (χ1) is 10.6. The van der Waals surface area contributed by atoms with Crippen molar-refractivity contribution < 1.29 is 0 Å². The van der Waals surface area contributed by atoms with Crippen LogP contribution >= 0.6 is 0 Å². The number of aromatic nitrogens is 3. The van der Waals surface area contributed by atoms with Crippen molar-refractivity contribution in [1.82, 2.24) is 14.8 Å². The average molecular weight is 298 g/mol. The number of rotatable bonds is 3. The molecule has 2 aromatic heterocycles. The van der Waals surface area contributed by atoms with Crippen LogP contribution in [0.3, 0.4) is 0 Å². The minimum Gasteiger partial charge on any atom is -0.382 e. The van der Waals surface area contributed by atoms with E-state index in [2.05, 4.69) is 21.5 Å². The maximum absolute atomic E-state index is 12.0. The van der Waals surface area contributed by atoms with Gasteiger partial charge in [0.25, 0.3) is 5.56 Å². The number of nitrogens with one attached hydrogen (secondary N) is 1. The molecule has 1 aliphatic rings. The number of hydrogen-bond donors (Lipinski definition) is 1. The third-order valence-corrected chi connectivity index (χ3v) is 4.27. The fourth-order valence-corrected chi connectivity index (χ4v) is 3.12. The van der Waals surface area contributed by atoms with Crippen LogP contribution in [0.2, 0.25) is 0 Å². The third-order valence-electron chi connectivity index (χ3n) is 4.27. The molecule has 0 spiro atoms. The Hall–Kier alpha value is -2.17. The fraction of sp³-hybridized carbons (Fsp3) is 0.471. The Balaban J connectivity index is 1.63. The van der Waals surface area contributed by atoms with Crippen LogP contribution < -0.4 is 10.9 Å². The molecule has 5 nitrogen and oxygen atoms in total. The van der Waals surface area contributed by atoms with Gasteiger partial charge in [-0.05, 0) is 57.7 Å². The van der Waals surface area contributed by atoms with Crippen molar-refractivity contribution in [2.45, 2.75) is 51.6 Å². The minimum atomic E-state index is 0.00627. The van der Waals surface area contributed by atoms with Crippen LogP contribution in [0.25, 0.3) is 0 Å².